The van der Waals surface area contributed by atoms with Crippen LogP contribution in [-0.2, 0) is 0 Å². The van der Waals surface area contributed by atoms with Crippen molar-refractivity contribution in [2.24, 2.45) is 0 Å². The van der Waals surface area contributed by atoms with Crippen LogP contribution < -0.4 is 0 Å². The van der Waals surface area contributed by atoms with Gasteiger partial charge >= 0.3 is 0 Å². The minimum absolute atomic E-state index is 0.140. The molecule has 3 heteroatoms. The van der Waals surface area contributed by atoms with E-state index in [1.807, 2.05) is 42.6 Å². The third-order valence-electron chi connectivity index (χ3n) is 2.00. The first-order chi connectivity index (χ1) is 6.33. The molecule has 0 aliphatic carbocycles. The number of hydrogen-bond donors (Lipinski definition) is 1. The van der Waals surface area contributed by atoms with Crippen LogP contribution in [0.4, 0.5) is 0 Å². The molecule has 76 valence electrons. The van der Waals surface area contributed by atoms with E-state index in [-0.39, 0.29) is 6.10 Å². The third kappa shape index (κ3) is 4.99. The van der Waals surface area contributed by atoms with Crippen LogP contribution in [0.3, 0.4) is 0 Å². The van der Waals surface area contributed by atoms with Crippen molar-refractivity contribution in [3.63, 3.8) is 0 Å². The number of rotatable bonds is 4. The Balaban J connectivity index is 2.14. The molecule has 0 bridgehead atoms. The largest absolute Gasteiger partial charge is 0.393 e. The molecule has 0 saturated carbocycles. The average Bonchev–Trinajstić information content (AvgIpc) is 2.16. The zero-order chi connectivity index (χ0) is 9.52. The number of hydrogen-bond acceptors (Lipinski definition) is 3. The fraction of sp³-hybridized carbons (Fsp3) is 0.800. The first kappa shape index (κ1) is 11.5. The lowest BCUT2D eigenvalue weighted by Gasteiger charge is -2.22. The van der Waals surface area contributed by atoms with Crippen LogP contribution in [0.25, 0.3) is 0 Å². The number of aliphatic hydroxyl groups is 1. The Morgan fingerprint density at radius 2 is 2.15 bits per heavy atom. The summed E-state index contributed by atoms with van der Waals surface area (Å²) in [5, 5.41) is 9.65. The molecule has 0 radical (unpaired) electrons. The molecule has 1 fully saturated rings. The van der Waals surface area contributed by atoms with Crippen LogP contribution in [0.1, 0.15) is 26.2 Å². The van der Waals surface area contributed by atoms with Crippen LogP contribution in [0.2, 0.25) is 0 Å². The zero-order valence-electron chi connectivity index (χ0n) is 8.11. The Kier molecular flexibility index (Phi) is 6.00. The molecule has 0 aromatic carbocycles. The van der Waals surface area contributed by atoms with Crippen LogP contribution >= 0.6 is 23.5 Å². The summed E-state index contributed by atoms with van der Waals surface area (Å²) in [7, 11) is 0. The second kappa shape index (κ2) is 6.80. The maximum absolute atomic E-state index is 9.65. The predicted molar refractivity (Wildman–Crippen MR) is 63.4 cm³/mol. The van der Waals surface area contributed by atoms with Gasteiger partial charge in [-0.3, -0.25) is 0 Å². The smallest absolute Gasteiger partial charge is 0.0593 e. The van der Waals surface area contributed by atoms with Gasteiger partial charge in [0.1, 0.15) is 0 Å². The Bertz CT molecular complexity index is 153. The molecule has 1 nitrogen and oxygen atoms in total. The first-order valence-corrected chi connectivity index (χ1v) is 6.95. The number of allylic oxidation sites excluding steroid dienone is 1. The van der Waals surface area contributed by atoms with Crippen molar-refractivity contribution in [1.29, 1.82) is 0 Å². The summed E-state index contributed by atoms with van der Waals surface area (Å²) in [6, 6.07) is 0. The van der Waals surface area contributed by atoms with Crippen molar-refractivity contribution in [2.75, 3.05) is 11.5 Å². The van der Waals surface area contributed by atoms with Gasteiger partial charge in [-0.25, -0.2) is 0 Å². The lowest BCUT2D eigenvalue weighted by atomic mass is 10.2. The summed E-state index contributed by atoms with van der Waals surface area (Å²) in [6.07, 6.45) is 7.00. The molecular formula is C10H18OS2. The molecule has 1 heterocycles. The Morgan fingerprint density at radius 3 is 2.77 bits per heavy atom. The molecule has 0 aromatic rings. The van der Waals surface area contributed by atoms with Gasteiger partial charge < -0.3 is 5.11 Å². The van der Waals surface area contributed by atoms with Gasteiger partial charge in [-0.1, -0.05) is 12.2 Å². The van der Waals surface area contributed by atoms with Gasteiger partial charge in [0.15, 0.2) is 0 Å². The van der Waals surface area contributed by atoms with Crippen LogP contribution in [-0.4, -0.2) is 27.3 Å². The maximum atomic E-state index is 9.65. The SMILES string of the molecule is C/C=C/CC(O)CC1SCCCS1. The van der Waals surface area contributed by atoms with E-state index in [2.05, 4.69) is 0 Å². The molecule has 0 amide bonds. The van der Waals surface area contributed by atoms with Crippen LogP contribution in [0, 0.1) is 0 Å². The summed E-state index contributed by atoms with van der Waals surface area (Å²) < 4.78 is 0.633. The highest BCUT2D eigenvalue weighted by atomic mass is 32.2. The second-order valence-electron chi connectivity index (χ2n) is 3.22. The summed E-state index contributed by atoms with van der Waals surface area (Å²) >= 11 is 4.01. The van der Waals surface area contributed by atoms with E-state index in [0.717, 1.165) is 12.8 Å². The van der Waals surface area contributed by atoms with E-state index in [4.69, 9.17) is 0 Å². The van der Waals surface area contributed by atoms with Gasteiger partial charge in [-0.05, 0) is 37.7 Å². The molecule has 1 saturated heterocycles. The molecule has 1 unspecified atom stereocenters. The predicted octanol–water partition coefficient (Wildman–Crippen LogP) is 2.90. The lowest BCUT2D eigenvalue weighted by Crippen LogP contribution is -2.15. The van der Waals surface area contributed by atoms with Crippen molar-refractivity contribution in [2.45, 2.75) is 36.9 Å². The summed E-state index contributed by atoms with van der Waals surface area (Å²) in [5.74, 6) is 2.54. The monoisotopic (exact) mass is 218 g/mol. The van der Waals surface area contributed by atoms with Gasteiger partial charge in [-0.15, -0.1) is 23.5 Å². The Morgan fingerprint density at radius 1 is 1.46 bits per heavy atom. The van der Waals surface area contributed by atoms with Crippen molar-refractivity contribution < 1.29 is 5.11 Å². The van der Waals surface area contributed by atoms with Crippen molar-refractivity contribution in [3.8, 4) is 0 Å². The van der Waals surface area contributed by atoms with Gasteiger partial charge in [0.25, 0.3) is 0 Å². The summed E-state index contributed by atoms with van der Waals surface area (Å²) in [5.41, 5.74) is 0. The highest BCUT2D eigenvalue weighted by Gasteiger charge is 2.17. The van der Waals surface area contributed by atoms with E-state index >= 15 is 0 Å². The fourth-order valence-electron chi connectivity index (χ4n) is 1.28. The fourth-order valence-corrected chi connectivity index (χ4v) is 4.29. The van der Waals surface area contributed by atoms with E-state index < -0.39 is 0 Å². The zero-order valence-corrected chi connectivity index (χ0v) is 9.74. The summed E-state index contributed by atoms with van der Waals surface area (Å²) in [4.78, 5) is 0. The number of thioether (sulfide) groups is 2. The van der Waals surface area contributed by atoms with Crippen LogP contribution in [0.15, 0.2) is 12.2 Å². The van der Waals surface area contributed by atoms with Crippen LogP contribution in [0.5, 0.6) is 0 Å². The number of aliphatic hydroxyl groups excluding tert-OH is 1. The first-order valence-electron chi connectivity index (χ1n) is 4.85. The Hall–Kier alpha value is 0.400. The van der Waals surface area contributed by atoms with E-state index in [0.29, 0.717) is 4.58 Å². The van der Waals surface area contributed by atoms with E-state index in [9.17, 15) is 5.11 Å². The molecule has 1 aliphatic heterocycles. The summed E-state index contributed by atoms with van der Waals surface area (Å²) in [6.45, 7) is 2.00. The standard InChI is InChI=1S/C10H18OS2/c1-2-3-5-9(11)8-10-12-6-4-7-13-10/h2-3,9-11H,4-8H2,1H3/b3-2+. The third-order valence-corrected chi connectivity index (χ3v) is 5.00. The highest BCUT2D eigenvalue weighted by molar-refractivity contribution is 8.17. The van der Waals surface area contributed by atoms with Crippen molar-refractivity contribution >= 4 is 23.5 Å². The molecule has 0 spiro atoms. The molecule has 1 N–H and O–H groups in total. The second-order valence-corrected chi connectivity index (χ2v) is 6.14. The van der Waals surface area contributed by atoms with Crippen molar-refractivity contribution in [1.82, 2.24) is 0 Å². The average molecular weight is 218 g/mol. The molecule has 1 atom stereocenters. The van der Waals surface area contributed by atoms with E-state index in [1.54, 1.807) is 0 Å². The topological polar surface area (TPSA) is 20.2 Å². The molecule has 13 heavy (non-hydrogen) atoms. The van der Waals surface area contributed by atoms with Gasteiger partial charge in [0, 0.05) is 0 Å². The minimum Gasteiger partial charge on any atom is -0.393 e. The highest BCUT2D eigenvalue weighted by Crippen LogP contribution is 2.33. The molecular weight excluding hydrogens is 200 g/mol. The Labute approximate surface area is 89.4 Å². The molecule has 1 rings (SSSR count). The van der Waals surface area contributed by atoms with Crippen molar-refractivity contribution in [3.05, 3.63) is 12.2 Å². The quantitative estimate of drug-likeness (QED) is 0.733. The van der Waals surface area contributed by atoms with E-state index in [1.165, 1.54) is 17.9 Å². The molecule has 1 aliphatic rings. The minimum atomic E-state index is -0.140. The normalized spacial score (nSPS) is 22.3. The van der Waals surface area contributed by atoms with Gasteiger partial charge in [0.2, 0.25) is 0 Å². The molecule has 0 aromatic heterocycles. The maximum Gasteiger partial charge on any atom is 0.0593 e. The van der Waals surface area contributed by atoms with Gasteiger partial charge in [-0.2, -0.15) is 0 Å². The van der Waals surface area contributed by atoms with Gasteiger partial charge in [0.05, 0.1) is 10.7 Å². The lowest BCUT2D eigenvalue weighted by molar-refractivity contribution is 0.173.